The van der Waals surface area contributed by atoms with Crippen LogP contribution in [0.5, 0.6) is 11.5 Å². The Morgan fingerprint density at radius 2 is 1.96 bits per heavy atom. The van der Waals surface area contributed by atoms with E-state index in [1.165, 1.54) is 0 Å². The average molecular weight is 338 g/mol. The average Bonchev–Trinajstić information content (AvgIpc) is 2.53. The first-order chi connectivity index (χ1) is 11.1. The molecule has 5 heteroatoms. The Bertz CT molecular complexity index is 598. The zero-order valence-corrected chi connectivity index (χ0v) is 14.8. The number of halogens is 1. The van der Waals surface area contributed by atoms with Crippen molar-refractivity contribution in [2.45, 2.75) is 27.2 Å². The summed E-state index contributed by atoms with van der Waals surface area (Å²) < 4.78 is 11.2. The molecule has 0 saturated carbocycles. The van der Waals surface area contributed by atoms with Gasteiger partial charge < -0.3 is 9.47 Å². The van der Waals surface area contributed by atoms with Crippen LogP contribution in [-0.4, -0.2) is 43.5 Å². The van der Waals surface area contributed by atoms with E-state index in [2.05, 4.69) is 11.8 Å². The minimum atomic E-state index is 0.206. The van der Waals surface area contributed by atoms with Crippen LogP contribution in [0.25, 0.3) is 6.08 Å². The molecule has 0 N–H and O–H groups in total. The number of likely N-dealkylation sites (tertiary alicyclic amines) is 1. The van der Waals surface area contributed by atoms with Gasteiger partial charge in [-0.3, -0.25) is 9.69 Å². The molecule has 1 aromatic rings. The van der Waals surface area contributed by atoms with E-state index in [0.717, 1.165) is 24.2 Å². The van der Waals surface area contributed by atoms with Gasteiger partial charge in [-0.2, -0.15) is 0 Å². The second kappa shape index (κ2) is 8.37. The van der Waals surface area contributed by atoms with Crippen LogP contribution in [0.1, 0.15) is 32.8 Å². The number of carbonyl (C=O) groups is 1. The summed E-state index contributed by atoms with van der Waals surface area (Å²) in [6, 6.07) is 3.70. The highest BCUT2D eigenvalue weighted by atomic mass is 35.5. The van der Waals surface area contributed by atoms with E-state index in [4.69, 9.17) is 21.1 Å². The van der Waals surface area contributed by atoms with E-state index < -0.39 is 0 Å². The molecule has 126 valence electrons. The first-order valence-electron chi connectivity index (χ1n) is 8.14. The summed E-state index contributed by atoms with van der Waals surface area (Å²) in [4.78, 5) is 14.4. The fourth-order valence-corrected chi connectivity index (χ4v) is 2.92. The summed E-state index contributed by atoms with van der Waals surface area (Å²) in [5, 5.41) is 0.500. The van der Waals surface area contributed by atoms with E-state index in [9.17, 15) is 4.79 Å². The number of likely N-dealkylation sites (N-methyl/N-ethyl adjacent to an activating group) is 1. The highest BCUT2D eigenvalue weighted by molar-refractivity contribution is 6.32. The predicted octanol–water partition coefficient (Wildman–Crippen LogP) is 3.82. The van der Waals surface area contributed by atoms with Crippen LogP contribution < -0.4 is 9.47 Å². The van der Waals surface area contributed by atoms with Crippen LogP contribution in [0.2, 0.25) is 5.02 Å². The smallest absolute Gasteiger partial charge is 0.179 e. The minimum Gasteiger partial charge on any atom is -0.490 e. The van der Waals surface area contributed by atoms with Gasteiger partial charge in [0, 0.05) is 25.1 Å². The largest absolute Gasteiger partial charge is 0.490 e. The third kappa shape index (κ3) is 4.49. The quantitative estimate of drug-likeness (QED) is 0.740. The lowest BCUT2D eigenvalue weighted by molar-refractivity contribution is -0.117. The van der Waals surface area contributed by atoms with Gasteiger partial charge in [-0.05, 0) is 44.2 Å². The standard InChI is InChI=1S/C18H24ClNO3/c1-4-20-8-7-16(21)14(12-20)9-13-10-15(19)18(23-6-3)17(11-13)22-5-2/h9-11H,4-8,12H2,1-3H3/b14-9+. The number of ketones is 1. The maximum atomic E-state index is 12.1. The second-order valence-corrected chi connectivity index (χ2v) is 5.81. The molecular formula is C18H24ClNO3. The molecule has 1 aliphatic rings. The third-order valence-electron chi connectivity index (χ3n) is 3.82. The van der Waals surface area contributed by atoms with E-state index in [1.54, 1.807) is 0 Å². The molecule has 0 spiro atoms. The van der Waals surface area contributed by atoms with E-state index in [1.807, 2.05) is 32.1 Å². The number of nitrogens with zero attached hydrogens (tertiary/aromatic N) is 1. The molecule has 0 aliphatic carbocycles. The number of Topliss-reactive ketones (excluding diaryl/α,β-unsaturated/α-hetero) is 1. The third-order valence-corrected chi connectivity index (χ3v) is 4.10. The van der Waals surface area contributed by atoms with Crippen molar-refractivity contribution in [2.24, 2.45) is 0 Å². The normalized spacial score (nSPS) is 17.6. The van der Waals surface area contributed by atoms with Gasteiger partial charge in [0.2, 0.25) is 0 Å². The van der Waals surface area contributed by atoms with Gasteiger partial charge in [-0.15, -0.1) is 0 Å². The fourth-order valence-electron chi connectivity index (χ4n) is 2.64. The van der Waals surface area contributed by atoms with Crippen LogP contribution >= 0.6 is 11.6 Å². The van der Waals surface area contributed by atoms with Crippen molar-refractivity contribution in [2.75, 3.05) is 32.8 Å². The van der Waals surface area contributed by atoms with E-state index >= 15 is 0 Å². The number of benzene rings is 1. The van der Waals surface area contributed by atoms with E-state index in [0.29, 0.717) is 42.7 Å². The van der Waals surface area contributed by atoms with Crippen molar-refractivity contribution >= 4 is 23.5 Å². The summed E-state index contributed by atoms with van der Waals surface area (Å²) in [7, 11) is 0. The SMILES string of the molecule is CCOc1cc(/C=C2\CN(CC)CCC2=O)cc(Cl)c1OCC. The van der Waals surface area contributed by atoms with Gasteiger partial charge in [0.1, 0.15) is 0 Å². The molecule has 1 fully saturated rings. The molecule has 0 atom stereocenters. The van der Waals surface area contributed by atoms with Gasteiger partial charge >= 0.3 is 0 Å². The van der Waals surface area contributed by atoms with Gasteiger partial charge in [0.05, 0.1) is 18.2 Å². The van der Waals surface area contributed by atoms with Crippen molar-refractivity contribution in [1.29, 1.82) is 0 Å². The Kier molecular flexibility index (Phi) is 6.48. The first kappa shape index (κ1) is 17.8. The Morgan fingerprint density at radius 1 is 1.22 bits per heavy atom. The summed E-state index contributed by atoms with van der Waals surface area (Å²) >= 11 is 6.33. The molecular weight excluding hydrogens is 314 g/mol. The Labute approximate surface area is 143 Å². The minimum absolute atomic E-state index is 0.206. The zero-order valence-electron chi connectivity index (χ0n) is 14.0. The fraction of sp³-hybridized carbons (Fsp3) is 0.500. The molecule has 2 rings (SSSR count). The van der Waals surface area contributed by atoms with Crippen molar-refractivity contribution in [1.82, 2.24) is 4.90 Å². The number of ether oxygens (including phenoxy) is 2. The van der Waals surface area contributed by atoms with Crippen molar-refractivity contribution in [3.8, 4) is 11.5 Å². The van der Waals surface area contributed by atoms with Crippen LogP contribution in [0, 0.1) is 0 Å². The highest BCUT2D eigenvalue weighted by Gasteiger charge is 2.20. The van der Waals surface area contributed by atoms with Gasteiger partial charge in [-0.25, -0.2) is 0 Å². The molecule has 0 unspecified atom stereocenters. The molecule has 0 radical (unpaired) electrons. The lowest BCUT2D eigenvalue weighted by atomic mass is 10.00. The number of rotatable bonds is 6. The molecule has 0 bridgehead atoms. The first-order valence-corrected chi connectivity index (χ1v) is 8.52. The Morgan fingerprint density at radius 3 is 2.61 bits per heavy atom. The van der Waals surface area contributed by atoms with Crippen LogP contribution in [0.15, 0.2) is 17.7 Å². The molecule has 1 saturated heterocycles. The monoisotopic (exact) mass is 337 g/mol. The van der Waals surface area contributed by atoms with Gasteiger partial charge in [0.25, 0.3) is 0 Å². The summed E-state index contributed by atoms with van der Waals surface area (Å²) in [5.74, 6) is 1.38. The molecule has 1 aliphatic heterocycles. The molecule has 23 heavy (non-hydrogen) atoms. The maximum absolute atomic E-state index is 12.1. The highest BCUT2D eigenvalue weighted by Crippen LogP contribution is 2.37. The number of hydrogen-bond donors (Lipinski definition) is 0. The summed E-state index contributed by atoms with van der Waals surface area (Å²) in [6.45, 7) is 9.43. The van der Waals surface area contributed by atoms with Crippen LogP contribution in [0.4, 0.5) is 0 Å². The lowest BCUT2D eigenvalue weighted by Crippen LogP contribution is -2.35. The van der Waals surface area contributed by atoms with Crippen molar-refractivity contribution in [3.05, 3.63) is 28.3 Å². The lowest BCUT2D eigenvalue weighted by Gasteiger charge is -2.26. The molecule has 1 heterocycles. The second-order valence-electron chi connectivity index (χ2n) is 5.41. The summed E-state index contributed by atoms with van der Waals surface area (Å²) in [6.07, 6.45) is 2.48. The Hall–Kier alpha value is -1.52. The predicted molar refractivity (Wildman–Crippen MR) is 93.5 cm³/mol. The Balaban J connectivity index is 2.35. The van der Waals surface area contributed by atoms with Gasteiger partial charge in [0.15, 0.2) is 17.3 Å². The molecule has 0 aromatic heterocycles. The molecule has 4 nitrogen and oxygen atoms in total. The maximum Gasteiger partial charge on any atom is 0.179 e. The van der Waals surface area contributed by atoms with Crippen molar-refractivity contribution in [3.63, 3.8) is 0 Å². The van der Waals surface area contributed by atoms with Crippen LogP contribution in [0.3, 0.4) is 0 Å². The molecule has 0 amide bonds. The van der Waals surface area contributed by atoms with Gasteiger partial charge in [-0.1, -0.05) is 18.5 Å². The van der Waals surface area contributed by atoms with E-state index in [-0.39, 0.29) is 5.78 Å². The number of carbonyl (C=O) groups excluding carboxylic acids is 1. The number of piperidine rings is 1. The zero-order chi connectivity index (χ0) is 16.8. The summed E-state index contributed by atoms with van der Waals surface area (Å²) in [5.41, 5.74) is 1.68. The van der Waals surface area contributed by atoms with Crippen LogP contribution in [-0.2, 0) is 4.79 Å². The van der Waals surface area contributed by atoms with Crippen molar-refractivity contribution < 1.29 is 14.3 Å². The number of hydrogen-bond acceptors (Lipinski definition) is 4. The topological polar surface area (TPSA) is 38.8 Å². The molecule has 1 aromatic carbocycles.